The summed E-state index contributed by atoms with van der Waals surface area (Å²) in [6.07, 6.45) is 4.97. The fraction of sp³-hybridized carbons (Fsp3) is 0.615. The molecule has 2 nitrogen and oxygen atoms in total. The van der Waals surface area contributed by atoms with Crippen molar-refractivity contribution in [2.24, 2.45) is 5.92 Å². The van der Waals surface area contributed by atoms with E-state index in [-0.39, 0.29) is 0 Å². The molecule has 1 aliphatic rings. The van der Waals surface area contributed by atoms with Gasteiger partial charge in [-0.15, -0.1) is 0 Å². The molecule has 2 unspecified atom stereocenters. The zero-order valence-corrected chi connectivity index (χ0v) is 9.99. The molecular weight excluding hydrogens is 203 g/mol. The highest BCUT2D eigenvalue weighted by molar-refractivity contribution is 5.38. The van der Waals surface area contributed by atoms with Crippen molar-refractivity contribution in [1.82, 2.24) is 4.98 Å². The molecule has 0 saturated heterocycles. The SMILES string of the molecule is CC1CCCC(N(C)c2cccc(F)n2)C1. The second-order valence-electron chi connectivity index (χ2n) is 4.86. The summed E-state index contributed by atoms with van der Waals surface area (Å²) < 4.78 is 13.0. The molecule has 16 heavy (non-hydrogen) atoms. The van der Waals surface area contributed by atoms with Gasteiger partial charge in [0.05, 0.1) is 0 Å². The zero-order valence-electron chi connectivity index (χ0n) is 9.99. The molecule has 0 aliphatic heterocycles. The van der Waals surface area contributed by atoms with Gasteiger partial charge in [0.1, 0.15) is 5.82 Å². The van der Waals surface area contributed by atoms with Crippen molar-refractivity contribution >= 4 is 5.82 Å². The Bertz CT molecular complexity index is 354. The van der Waals surface area contributed by atoms with E-state index in [0.717, 1.165) is 11.7 Å². The lowest BCUT2D eigenvalue weighted by atomic mass is 9.86. The fourth-order valence-corrected chi connectivity index (χ4v) is 2.53. The topological polar surface area (TPSA) is 16.1 Å². The molecule has 2 rings (SSSR count). The summed E-state index contributed by atoms with van der Waals surface area (Å²) in [4.78, 5) is 6.06. The minimum atomic E-state index is -0.395. The minimum Gasteiger partial charge on any atom is -0.357 e. The van der Waals surface area contributed by atoms with Crippen molar-refractivity contribution < 1.29 is 4.39 Å². The van der Waals surface area contributed by atoms with E-state index in [0.29, 0.717) is 6.04 Å². The van der Waals surface area contributed by atoms with Crippen LogP contribution in [-0.2, 0) is 0 Å². The third-order valence-corrected chi connectivity index (χ3v) is 3.52. The lowest BCUT2D eigenvalue weighted by Gasteiger charge is -2.34. The number of halogens is 1. The van der Waals surface area contributed by atoms with Gasteiger partial charge in [0.25, 0.3) is 0 Å². The van der Waals surface area contributed by atoms with Crippen LogP contribution in [0, 0.1) is 11.9 Å². The molecule has 0 N–H and O–H groups in total. The fourth-order valence-electron chi connectivity index (χ4n) is 2.53. The van der Waals surface area contributed by atoms with Crippen LogP contribution in [0.4, 0.5) is 10.2 Å². The lowest BCUT2D eigenvalue weighted by Crippen LogP contribution is -2.36. The van der Waals surface area contributed by atoms with E-state index in [1.54, 1.807) is 6.07 Å². The first kappa shape index (κ1) is 11.4. The van der Waals surface area contributed by atoms with Gasteiger partial charge in [0, 0.05) is 13.1 Å². The molecule has 0 spiro atoms. The first-order chi connectivity index (χ1) is 7.66. The second kappa shape index (κ2) is 4.81. The summed E-state index contributed by atoms with van der Waals surface area (Å²) in [6.45, 7) is 2.29. The monoisotopic (exact) mass is 222 g/mol. The molecule has 0 amide bonds. The smallest absolute Gasteiger partial charge is 0.214 e. The number of nitrogens with zero attached hydrogens (tertiary/aromatic N) is 2. The molecule has 1 heterocycles. The quantitative estimate of drug-likeness (QED) is 0.714. The summed E-state index contributed by atoms with van der Waals surface area (Å²) in [6, 6.07) is 5.50. The normalized spacial score (nSPS) is 25.4. The first-order valence-corrected chi connectivity index (χ1v) is 6.02. The Morgan fingerprint density at radius 2 is 2.19 bits per heavy atom. The largest absolute Gasteiger partial charge is 0.357 e. The maximum absolute atomic E-state index is 13.0. The molecule has 1 aromatic heterocycles. The zero-order chi connectivity index (χ0) is 11.5. The molecule has 0 radical (unpaired) electrons. The Hall–Kier alpha value is -1.12. The number of anilines is 1. The average Bonchev–Trinajstić information content (AvgIpc) is 2.28. The predicted molar refractivity (Wildman–Crippen MR) is 64.0 cm³/mol. The van der Waals surface area contributed by atoms with E-state index in [9.17, 15) is 4.39 Å². The van der Waals surface area contributed by atoms with E-state index in [1.165, 1.54) is 31.7 Å². The highest BCUT2D eigenvalue weighted by Crippen LogP contribution is 2.28. The number of hydrogen-bond donors (Lipinski definition) is 0. The predicted octanol–water partition coefficient (Wildman–Crippen LogP) is 3.24. The van der Waals surface area contributed by atoms with Gasteiger partial charge in [0.2, 0.25) is 5.95 Å². The van der Waals surface area contributed by atoms with Crippen molar-refractivity contribution in [1.29, 1.82) is 0 Å². The van der Waals surface area contributed by atoms with Gasteiger partial charge in [0.15, 0.2) is 0 Å². The second-order valence-corrected chi connectivity index (χ2v) is 4.86. The standard InChI is InChI=1S/C13H19FN2/c1-10-5-3-6-11(9-10)16(2)13-8-4-7-12(14)15-13/h4,7-8,10-11H,3,5-6,9H2,1-2H3. The molecule has 2 atom stereocenters. The van der Waals surface area contributed by atoms with Gasteiger partial charge in [-0.1, -0.05) is 25.8 Å². The van der Waals surface area contributed by atoms with E-state index >= 15 is 0 Å². The van der Waals surface area contributed by atoms with Crippen LogP contribution in [0.2, 0.25) is 0 Å². The molecule has 1 saturated carbocycles. The first-order valence-electron chi connectivity index (χ1n) is 6.02. The molecule has 1 fully saturated rings. The van der Waals surface area contributed by atoms with Crippen molar-refractivity contribution in [2.75, 3.05) is 11.9 Å². The van der Waals surface area contributed by atoms with Crippen LogP contribution in [0.3, 0.4) is 0 Å². The molecule has 0 aromatic carbocycles. The van der Waals surface area contributed by atoms with Crippen LogP contribution < -0.4 is 4.90 Å². The van der Waals surface area contributed by atoms with Gasteiger partial charge in [-0.05, 0) is 30.9 Å². The Morgan fingerprint density at radius 1 is 1.38 bits per heavy atom. The maximum atomic E-state index is 13.0. The highest BCUT2D eigenvalue weighted by atomic mass is 19.1. The third-order valence-electron chi connectivity index (χ3n) is 3.52. The number of aromatic nitrogens is 1. The summed E-state index contributed by atoms with van der Waals surface area (Å²) in [5, 5.41) is 0. The summed E-state index contributed by atoms with van der Waals surface area (Å²) >= 11 is 0. The number of pyridine rings is 1. The Labute approximate surface area is 96.5 Å². The van der Waals surface area contributed by atoms with Gasteiger partial charge in [-0.3, -0.25) is 0 Å². The van der Waals surface area contributed by atoms with E-state index < -0.39 is 5.95 Å². The van der Waals surface area contributed by atoms with Gasteiger partial charge < -0.3 is 4.90 Å². The van der Waals surface area contributed by atoms with Crippen molar-refractivity contribution in [3.63, 3.8) is 0 Å². The molecular formula is C13H19FN2. The maximum Gasteiger partial charge on any atom is 0.214 e. The van der Waals surface area contributed by atoms with E-state index in [4.69, 9.17) is 0 Å². The Balaban J connectivity index is 2.09. The van der Waals surface area contributed by atoms with Crippen molar-refractivity contribution in [2.45, 2.75) is 38.6 Å². The van der Waals surface area contributed by atoms with Crippen LogP contribution in [0.25, 0.3) is 0 Å². The number of hydrogen-bond acceptors (Lipinski definition) is 2. The van der Waals surface area contributed by atoms with E-state index in [1.807, 2.05) is 13.1 Å². The number of rotatable bonds is 2. The summed E-state index contributed by atoms with van der Waals surface area (Å²) in [5.74, 6) is 1.13. The van der Waals surface area contributed by atoms with Gasteiger partial charge >= 0.3 is 0 Å². The van der Waals surface area contributed by atoms with Crippen LogP contribution in [0.1, 0.15) is 32.6 Å². The van der Waals surface area contributed by atoms with Crippen molar-refractivity contribution in [3.8, 4) is 0 Å². The molecule has 1 aromatic rings. The lowest BCUT2D eigenvalue weighted by molar-refractivity contribution is 0.335. The molecule has 1 aliphatic carbocycles. The van der Waals surface area contributed by atoms with Crippen LogP contribution in [0.15, 0.2) is 18.2 Å². The van der Waals surface area contributed by atoms with Crippen molar-refractivity contribution in [3.05, 3.63) is 24.1 Å². The minimum absolute atomic E-state index is 0.395. The summed E-state index contributed by atoms with van der Waals surface area (Å²) in [7, 11) is 2.02. The van der Waals surface area contributed by atoms with Crippen LogP contribution in [-0.4, -0.2) is 18.1 Å². The Kier molecular flexibility index (Phi) is 3.42. The highest BCUT2D eigenvalue weighted by Gasteiger charge is 2.23. The average molecular weight is 222 g/mol. The molecule has 3 heteroatoms. The summed E-state index contributed by atoms with van der Waals surface area (Å²) in [5.41, 5.74) is 0. The van der Waals surface area contributed by atoms with E-state index in [2.05, 4.69) is 16.8 Å². The van der Waals surface area contributed by atoms with Gasteiger partial charge in [-0.25, -0.2) is 4.98 Å². The van der Waals surface area contributed by atoms with Crippen LogP contribution in [0.5, 0.6) is 0 Å². The molecule has 0 bridgehead atoms. The Morgan fingerprint density at radius 3 is 2.88 bits per heavy atom. The van der Waals surface area contributed by atoms with Crippen LogP contribution >= 0.6 is 0 Å². The van der Waals surface area contributed by atoms with Gasteiger partial charge in [-0.2, -0.15) is 4.39 Å². The molecule has 88 valence electrons. The third kappa shape index (κ3) is 2.52.